The highest BCUT2D eigenvalue weighted by atomic mass is 16.5. The average molecular weight is 1410 g/mol. The van der Waals surface area contributed by atoms with E-state index in [9.17, 15) is 5.11 Å². The lowest BCUT2D eigenvalue weighted by Gasteiger charge is -2.25. The third-order valence-corrected chi connectivity index (χ3v) is 21.4. The molecule has 17 heteroatoms. The van der Waals surface area contributed by atoms with Gasteiger partial charge in [0.2, 0.25) is 0 Å². The number of hydrogen-bond acceptors (Lipinski definition) is 12. The smallest absolute Gasteiger partial charge is 0.120 e. The van der Waals surface area contributed by atoms with Gasteiger partial charge in [0.25, 0.3) is 0 Å². The maximum atomic E-state index is 9.70. The maximum Gasteiger partial charge on any atom is 0.120 e. The zero-order chi connectivity index (χ0) is 72.0. The Kier molecular flexibility index (Phi) is 20.1. The van der Waals surface area contributed by atoms with E-state index < -0.39 is 0 Å². The fourth-order valence-corrected chi connectivity index (χ4v) is 16.3. The van der Waals surface area contributed by atoms with Crippen LogP contribution in [0.25, 0.3) is 54.5 Å². The summed E-state index contributed by atoms with van der Waals surface area (Å²) in [5, 5.41) is 34.0. The molecule has 5 aliphatic rings. The standard InChI is InChI=1S/C19H20N2O2.2C18H18N2O.C17H17N3O.C17H16N2O/c1-22-13-5-3-12(4-6-13)18-19-15(9-10-20-18)16-11-14(23-2)7-8-17(16)21-19;1-21-13-7-8-16-15(11-13)14-9-10-19-17(18(14)20-16)12-5-3-2-4-6-12;1-21-13-7-8-14-15-9-10-19-17(12-5-3-2-4-6-12)18(15)20-16(14)11-13;1-21-12-4-5-15-14(9-12)13-6-8-19-16(17(13)20-15)11-3-2-7-18-10-11;20-12-6-7-15-14(10-12)13-8-9-18-16(17(13)19-15)11-4-2-1-3-5-11/h3-8,11,18,20-21H,9-10H2,1-2H3;2*2-8,11,17,19-20H,9-10H2,1H3;2-5,7,9-10,16,19-20H,6,8H2,1H3;1-7,10,16,18-20H,8-9H2. The Bertz CT molecular complexity index is 5320. The number of phenols is 1. The van der Waals surface area contributed by atoms with Gasteiger partial charge in [0.1, 0.15) is 34.5 Å². The van der Waals surface area contributed by atoms with E-state index >= 15 is 0 Å². The molecule has 9 aromatic carbocycles. The number of ether oxygens (including phenoxy) is 5. The molecule has 0 spiro atoms. The molecule has 0 amide bonds. The van der Waals surface area contributed by atoms with Gasteiger partial charge < -0.3 is 80.3 Å². The second-order valence-corrected chi connectivity index (χ2v) is 27.4. The summed E-state index contributed by atoms with van der Waals surface area (Å²) in [6.07, 6.45) is 8.88. The predicted molar refractivity (Wildman–Crippen MR) is 424 cm³/mol. The van der Waals surface area contributed by atoms with E-state index in [0.717, 1.165) is 116 Å². The second kappa shape index (κ2) is 31.0. The van der Waals surface area contributed by atoms with Crippen molar-refractivity contribution in [1.82, 2.24) is 56.5 Å². The lowest BCUT2D eigenvalue weighted by molar-refractivity contribution is 0.414. The molecule has 0 radical (unpaired) electrons. The minimum Gasteiger partial charge on any atom is -0.508 e. The molecule has 0 bridgehead atoms. The first-order chi connectivity index (χ1) is 52.2. The number of aromatic nitrogens is 6. The molecule has 15 aromatic rings. The number of methoxy groups -OCH3 is 5. The molecule has 17 nitrogen and oxygen atoms in total. The summed E-state index contributed by atoms with van der Waals surface area (Å²) in [5.41, 5.74) is 25.3. The van der Waals surface area contributed by atoms with Crippen LogP contribution in [0.3, 0.4) is 0 Å². The SMILES string of the molecule is COc1ccc(C2NCCc3c2[nH]c2ccc(OC)cc32)cc1.COc1ccc2[nH]c3c(c2c1)CCNC3c1ccccc1.COc1ccc2[nH]c3c(c2c1)CCNC3c1cccnc1.COc1ccc2c3c([nH]c2c1)C(c1ccccc1)NCC3.Oc1ccc2[nH]c3c(c2c1)CCNC3c1ccccc1. The molecule has 20 rings (SSSR count). The molecular formula is C89H89N11O6. The monoisotopic (exact) mass is 1410 g/mol. The molecule has 106 heavy (non-hydrogen) atoms. The second-order valence-electron chi connectivity index (χ2n) is 27.4. The van der Waals surface area contributed by atoms with Crippen LogP contribution in [0.1, 0.15) is 114 Å². The van der Waals surface area contributed by atoms with Gasteiger partial charge in [0.05, 0.1) is 65.8 Å². The van der Waals surface area contributed by atoms with E-state index in [2.05, 4.69) is 208 Å². The molecular weight excluding hydrogens is 1320 g/mol. The van der Waals surface area contributed by atoms with Crippen molar-refractivity contribution in [3.05, 3.63) is 315 Å². The van der Waals surface area contributed by atoms with E-state index in [1.54, 1.807) is 41.6 Å². The number of phenolic OH excluding ortho intramolecular Hbond substituents is 1. The fraction of sp³-hybridized carbons (Fsp3) is 0.225. The zero-order valence-electron chi connectivity index (χ0n) is 60.3. The molecule has 0 saturated carbocycles. The minimum absolute atomic E-state index is 0.181. The highest BCUT2D eigenvalue weighted by Crippen LogP contribution is 2.41. The molecule has 0 aliphatic carbocycles. The topological polar surface area (TPSA) is 218 Å². The Morgan fingerprint density at radius 2 is 0.585 bits per heavy atom. The van der Waals surface area contributed by atoms with Crippen molar-refractivity contribution < 1.29 is 28.8 Å². The van der Waals surface area contributed by atoms with Crippen LogP contribution < -0.4 is 50.3 Å². The van der Waals surface area contributed by atoms with E-state index in [1.807, 2.05) is 73.1 Å². The molecule has 0 saturated heterocycles. The van der Waals surface area contributed by atoms with Gasteiger partial charge in [0.15, 0.2) is 0 Å². The van der Waals surface area contributed by atoms with Crippen LogP contribution in [-0.4, -0.2) is 103 Å². The Hall–Kier alpha value is -11.6. The number of pyridine rings is 1. The van der Waals surface area contributed by atoms with Crippen LogP contribution in [0.15, 0.2) is 231 Å². The van der Waals surface area contributed by atoms with Crippen molar-refractivity contribution in [2.45, 2.75) is 62.3 Å². The summed E-state index contributed by atoms with van der Waals surface area (Å²) >= 11 is 0. The van der Waals surface area contributed by atoms with E-state index in [1.165, 1.54) is 117 Å². The molecule has 0 fully saturated rings. The Morgan fingerprint density at radius 3 is 0.953 bits per heavy atom. The normalized spacial score (nSPS) is 17.6. The van der Waals surface area contributed by atoms with E-state index in [4.69, 9.17) is 23.7 Å². The van der Waals surface area contributed by atoms with Crippen molar-refractivity contribution in [2.75, 3.05) is 68.3 Å². The lowest BCUT2D eigenvalue weighted by atomic mass is 9.94. The van der Waals surface area contributed by atoms with Crippen molar-refractivity contribution >= 4 is 54.5 Å². The number of benzene rings is 9. The number of nitrogens with zero attached hydrogens (tertiary/aromatic N) is 1. The van der Waals surface area contributed by atoms with Gasteiger partial charge in [-0.1, -0.05) is 109 Å². The van der Waals surface area contributed by atoms with Crippen molar-refractivity contribution in [3.63, 3.8) is 0 Å². The fourth-order valence-electron chi connectivity index (χ4n) is 16.3. The number of aromatic amines is 5. The van der Waals surface area contributed by atoms with Crippen molar-refractivity contribution in [2.24, 2.45) is 0 Å². The van der Waals surface area contributed by atoms with Crippen molar-refractivity contribution in [3.8, 4) is 34.5 Å². The van der Waals surface area contributed by atoms with Crippen LogP contribution >= 0.6 is 0 Å². The summed E-state index contributed by atoms with van der Waals surface area (Å²) < 4.78 is 26.7. The highest BCUT2D eigenvalue weighted by molar-refractivity contribution is 5.90. The number of H-pyrrole nitrogens is 5. The number of rotatable bonds is 10. The highest BCUT2D eigenvalue weighted by Gasteiger charge is 2.31. The molecule has 5 atom stereocenters. The third-order valence-electron chi connectivity index (χ3n) is 21.4. The number of fused-ring (bicyclic) bond motifs is 15. The Balaban J connectivity index is 0.000000102. The van der Waals surface area contributed by atoms with Gasteiger partial charge in [-0.05, 0) is 191 Å². The summed E-state index contributed by atoms with van der Waals surface area (Å²) in [6, 6.07) is 75.6. The van der Waals surface area contributed by atoms with Gasteiger partial charge in [0, 0.05) is 134 Å². The van der Waals surface area contributed by atoms with E-state index in [0.29, 0.717) is 5.75 Å². The summed E-state index contributed by atoms with van der Waals surface area (Å²) in [7, 11) is 8.53. The lowest BCUT2D eigenvalue weighted by Crippen LogP contribution is -2.30. The average Bonchev–Trinajstić information content (AvgIpc) is 1.64. The third kappa shape index (κ3) is 13.9. The summed E-state index contributed by atoms with van der Waals surface area (Å²) in [5.74, 6) is 4.82. The zero-order valence-corrected chi connectivity index (χ0v) is 60.3. The number of hydrogen-bond donors (Lipinski definition) is 11. The number of aromatic hydroxyl groups is 1. The molecule has 11 N–H and O–H groups in total. The van der Waals surface area contributed by atoms with Crippen LogP contribution in [0.5, 0.6) is 34.5 Å². The molecule has 6 aromatic heterocycles. The molecule has 5 unspecified atom stereocenters. The minimum atomic E-state index is 0.181. The predicted octanol–water partition coefficient (Wildman–Crippen LogP) is 16.2. The quantitative estimate of drug-likeness (QED) is 0.0616. The van der Waals surface area contributed by atoms with Crippen molar-refractivity contribution in [1.29, 1.82) is 0 Å². The van der Waals surface area contributed by atoms with Gasteiger partial charge in [-0.3, -0.25) is 4.98 Å². The first-order valence-electron chi connectivity index (χ1n) is 36.7. The first kappa shape index (κ1) is 68.8. The summed E-state index contributed by atoms with van der Waals surface area (Å²) in [6.45, 7) is 4.89. The van der Waals surface area contributed by atoms with Gasteiger partial charge in [-0.25, -0.2) is 0 Å². The Morgan fingerprint density at radius 1 is 0.283 bits per heavy atom. The van der Waals surface area contributed by atoms with Crippen LogP contribution in [0.4, 0.5) is 0 Å². The molecule has 536 valence electrons. The van der Waals surface area contributed by atoms with E-state index in [-0.39, 0.29) is 30.2 Å². The molecule has 5 aliphatic heterocycles. The Labute approximate surface area is 616 Å². The van der Waals surface area contributed by atoms with Crippen LogP contribution in [0, 0.1) is 0 Å². The van der Waals surface area contributed by atoms with Crippen LogP contribution in [0.2, 0.25) is 0 Å². The first-order valence-corrected chi connectivity index (χ1v) is 36.7. The van der Waals surface area contributed by atoms with Gasteiger partial charge >= 0.3 is 0 Å². The van der Waals surface area contributed by atoms with Crippen LogP contribution in [-0.2, 0) is 32.1 Å². The molecule has 11 heterocycles. The summed E-state index contributed by atoms with van der Waals surface area (Å²) in [4.78, 5) is 22.1. The largest absolute Gasteiger partial charge is 0.508 e. The maximum absolute atomic E-state index is 9.70. The number of nitrogens with one attached hydrogen (secondary N) is 10. The van der Waals surface area contributed by atoms with Gasteiger partial charge in [-0.15, -0.1) is 0 Å². The van der Waals surface area contributed by atoms with Gasteiger partial charge in [-0.2, -0.15) is 0 Å².